The van der Waals surface area contributed by atoms with Crippen molar-refractivity contribution >= 4 is 17.7 Å². The van der Waals surface area contributed by atoms with Crippen molar-refractivity contribution in [2.75, 3.05) is 38.0 Å². The number of carbonyl (C=O) groups excluding carboxylic acids is 1. The molecule has 0 aliphatic carbocycles. The number of rotatable bonds is 4. The number of thioether (sulfide) groups is 1. The lowest BCUT2D eigenvalue weighted by Crippen LogP contribution is -2.66. The molecule has 220 valence electrons. The number of benzene rings is 2. The summed E-state index contributed by atoms with van der Waals surface area (Å²) < 4.78 is 49.4. The highest BCUT2D eigenvalue weighted by atomic mass is 32.2. The van der Waals surface area contributed by atoms with E-state index in [1.807, 2.05) is 43.1 Å². The normalized spacial score (nSPS) is 24.4. The van der Waals surface area contributed by atoms with E-state index in [0.717, 1.165) is 22.9 Å². The van der Waals surface area contributed by atoms with Gasteiger partial charge in [0, 0.05) is 40.9 Å². The van der Waals surface area contributed by atoms with E-state index in [2.05, 4.69) is 0 Å². The Morgan fingerprint density at radius 3 is 2.71 bits per heavy atom. The molecule has 3 aromatic rings. The smallest absolute Gasteiger partial charge is 0.278 e. The fourth-order valence-electron chi connectivity index (χ4n) is 6.57. The Morgan fingerprint density at radius 2 is 1.90 bits per heavy atom. The zero-order chi connectivity index (χ0) is 29.2. The summed E-state index contributed by atoms with van der Waals surface area (Å²) >= 11 is 1.44. The van der Waals surface area contributed by atoms with E-state index in [0.29, 0.717) is 25.3 Å². The Hall–Kier alpha value is -3.41. The third-order valence-corrected chi connectivity index (χ3v) is 9.60. The Kier molecular flexibility index (Phi) is 6.79. The second-order valence-electron chi connectivity index (χ2n) is 11.7. The van der Waals surface area contributed by atoms with Crippen LogP contribution in [0.3, 0.4) is 0 Å². The maximum Gasteiger partial charge on any atom is 0.278 e. The first-order chi connectivity index (χ1) is 20.2. The molecule has 0 spiro atoms. The minimum absolute atomic E-state index is 0.0241. The van der Waals surface area contributed by atoms with Crippen LogP contribution < -0.4 is 15.2 Å². The molecule has 42 heavy (non-hydrogen) atoms. The molecule has 1 aromatic heterocycles. The molecule has 0 radical (unpaired) electrons. The predicted molar refractivity (Wildman–Crippen MR) is 152 cm³/mol. The van der Waals surface area contributed by atoms with Crippen molar-refractivity contribution in [3.63, 3.8) is 0 Å². The zero-order valence-corrected chi connectivity index (χ0v) is 24.2. The van der Waals surface area contributed by atoms with Crippen LogP contribution in [0.4, 0.5) is 8.78 Å². The van der Waals surface area contributed by atoms with Crippen LogP contribution in [0.25, 0.3) is 0 Å². The molecule has 8 nitrogen and oxygen atoms in total. The first-order valence-corrected chi connectivity index (χ1v) is 15.1. The summed E-state index contributed by atoms with van der Waals surface area (Å²) in [6.45, 7) is 5.61. The van der Waals surface area contributed by atoms with Gasteiger partial charge in [-0.05, 0) is 43.5 Å². The van der Waals surface area contributed by atoms with Gasteiger partial charge in [-0.3, -0.25) is 19.3 Å². The van der Waals surface area contributed by atoms with E-state index in [1.54, 1.807) is 21.8 Å². The monoisotopic (exact) mass is 595 g/mol. The Bertz CT molecular complexity index is 1630. The molecule has 4 aliphatic rings. The number of aromatic nitrogens is 1. The lowest BCUT2D eigenvalue weighted by Gasteiger charge is -2.51. The van der Waals surface area contributed by atoms with Crippen LogP contribution in [0.15, 0.2) is 58.4 Å². The van der Waals surface area contributed by atoms with Crippen LogP contribution in [0.5, 0.6) is 5.75 Å². The fourth-order valence-corrected chi connectivity index (χ4v) is 7.69. The van der Waals surface area contributed by atoms with E-state index in [9.17, 15) is 14.0 Å². The fraction of sp³-hybridized carbons (Fsp3) is 0.419. The van der Waals surface area contributed by atoms with E-state index in [1.165, 1.54) is 17.8 Å². The van der Waals surface area contributed by atoms with Crippen LogP contribution in [0.2, 0.25) is 0 Å². The summed E-state index contributed by atoms with van der Waals surface area (Å²) in [7, 11) is 0. The van der Waals surface area contributed by atoms with Gasteiger partial charge >= 0.3 is 0 Å². The summed E-state index contributed by atoms with van der Waals surface area (Å²) in [5, 5.41) is 1.95. The van der Waals surface area contributed by atoms with Crippen molar-refractivity contribution < 1.29 is 27.8 Å². The van der Waals surface area contributed by atoms with Gasteiger partial charge in [0.25, 0.3) is 5.91 Å². The first-order valence-electron chi connectivity index (χ1n) is 14.1. The highest BCUT2D eigenvalue weighted by Crippen LogP contribution is 2.45. The highest BCUT2D eigenvalue weighted by molar-refractivity contribution is 7.98. The van der Waals surface area contributed by atoms with Crippen molar-refractivity contribution in [2.24, 2.45) is 5.92 Å². The maximum absolute atomic E-state index is 15.4. The van der Waals surface area contributed by atoms with Gasteiger partial charge in [-0.1, -0.05) is 24.3 Å². The number of carbonyl (C=O) groups is 1. The molecule has 2 fully saturated rings. The average Bonchev–Trinajstić information content (AvgIpc) is 3.24. The summed E-state index contributed by atoms with van der Waals surface area (Å²) in [4.78, 5) is 29.9. The van der Waals surface area contributed by atoms with E-state index in [-0.39, 0.29) is 53.4 Å². The molecular formula is C31H31F2N3O5S. The molecule has 7 rings (SSSR count). The second-order valence-corrected chi connectivity index (χ2v) is 12.8. The molecule has 2 aromatic carbocycles. The minimum atomic E-state index is -0.908. The van der Waals surface area contributed by atoms with Crippen LogP contribution in [0.1, 0.15) is 53.5 Å². The van der Waals surface area contributed by atoms with Gasteiger partial charge in [-0.25, -0.2) is 8.78 Å². The molecule has 0 bridgehead atoms. The van der Waals surface area contributed by atoms with Crippen molar-refractivity contribution in [2.45, 2.75) is 48.7 Å². The summed E-state index contributed by atoms with van der Waals surface area (Å²) in [6, 6.07) is 11.3. The third kappa shape index (κ3) is 4.49. The van der Waals surface area contributed by atoms with Crippen molar-refractivity contribution in [1.29, 1.82) is 0 Å². The summed E-state index contributed by atoms with van der Waals surface area (Å²) in [5.41, 5.74) is 1.17. The first kappa shape index (κ1) is 27.4. The minimum Gasteiger partial charge on any atom is -0.487 e. The van der Waals surface area contributed by atoms with Gasteiger partial charge in [-0.2, -0.15) is 0 Å². The molecule has 2 saturated heterocycles. The van der Waals surface area contributed by atoms with Gasteiger partial charge in [0.2, 0.25) is 5.43 Å². The highest BCUT2D eigenvalue weighted by Gasteiger charge is 2.46. The van der Waals surface area contributed by atoms with E-state index in [4.69, 9.17) is 14.2 Å². The SMILES string of the molecule is CC1(C)C[C@H](COc2c3n(ccc2=O)N([C@@H]2c4ccccc4SCc4c2ccc(F)c4F)[C@@H]2COCCN2C3=O)CO1. The Balaban J connectivity index is 1.41. The Morgan fingerprint density at radius 1 is 1.07 bits per heavy atom. The topological polar surface area (TPSA) is 73.2 Å². The lowest BCUT2D eigenvalue weighted by atomic mass is 9.93. The summed E-state index contributed by atoms with van der Waals surface area (Å²) in [5.74, 6) is -1.83. The maximum atomic E-state index is 15.4. The number of pyridine rings is 1. The Labute approximate surface area is 246 Å². The van der Waals surface area contributed by atoms with Crippen LogP contribution >= 0.6 is 11.8 Å². The molecule has 3 atom stereocenters. The molecule has 0 saturated carbocycles. The zero-order valence-electron chi connectivity index (χ0n) is 23.3. The van der Waals surface area contributed by atoms with Gasteiger partial charge in [0.1, 0.15) is 6.17 Å². The number of hydrogen-bond acceptors (Lipinski definition) is 7. The van der Waals surface area contributed by atoms with Gasteiger partial charge in [0.15, 0.2) is 23.1 Å². The van der Waals surface area contributed by atoms with E-state index < -0.39 is 29.3 Å². The van der Waals surface area contributed by atoms with Crippen LogP contribution in [-0.2, 0) is 15.2 Å². The second kappa shape index (κ2) is 10.4. The number of amides is 1. The molecular weight excluding hydrogens is 564 g/mol. The molecule has 11 heteroatoms. The van der Waals surface area contributed by atoms with Crippen molar-refractivity contribution in [3.8, 4) is 5.75 Å². The number of hydrogen-bond donors (Lipinski definition) is 0. The van der Waals surface area contributed by atoms with Crippen molar-refractivity contribution in [1.82, 2.24) is 9.58 Å². The average molecular weight is 596 g/mol. The standard InChI is InChI=1S/C31H31F2N3O5S/c1-31(2)13-18(15-41-31)14-40-29-23(37)9-10-35-28(29)30(38)34-11-12-39-16-25(34)36(35)27-19-7-8-22(32)26(33)21(19)17-42-24-6-4-3-5-20(24)27/h3-10,18,25,27H,11-17H2,1-2H3/t18-,25-,27+/m1/s1. The molecule has 4 aliphatic heterocycles. The number of halogens is 2. The van der Waals surface area contributed by atoms with Gasteiger partial charge in [-0.15, -0.1) is 11.8 Å². The van der Waals surface area contributed by atoms with Crippen LogP contribution in [0, 0.1) is 17.6 Å². The van der Waals surface area contributed by atoms with Crippen molar-refractivity contribution in [3.05, 3.63) is 92.9 Å². The molecule has 5 heterocycles. The molecule has 0 unspecified atom stereocenters. The largest absolute Gasteiger partial charge is 0.487 e. The predicted octanol–water partition coefficient (Wildman–Crippen LogP) is 4.47. The van der Waals surface area contributed by atoms with Gasteiger partial charge in [0.05, 0.1) is 38.1 Å². The number of ether oxygens (including phenoxy) is 3. The molecule has 0 N–H and O–H groups in total. The number of morpholine rings is 1. The van der Waals surface area contributed by atoms with E-state index >= 15 is 4.39 Å². The van der Waals surface area contributed by atoms with Gasteiger partial charge < -0.3 is 19.1 Å². The number of nitrogens with zero attached hydrogens (tertiary/aromatic N) is 3. The van der Waals surface area contributed by atoms with Crippen LogP contribution in [-0.4, -0.2) is 60.2 Å². The lowest BCUT2D eigenvalue weighted by molar-refractivity contribution is -0.0199. The molecule has 1 amide bonds. The quantitative estimate of drug-likeness (QED) is 0.441. The summed E-state index contributed by atoms with van der Waals surface area (Å²) in [6.07, 6.45) is 1.76. The number of fused-ring (bicyclic) bond motifs is 4. The third-order valence-electron chi connectivity index (χ3n) is 8.49.